The van der Waals surface area contributed by atoms with Crippen molar-refractivity contribution < 1.29 is 22.7 Å². The van der Waals surface area contributed by atoms with E-state index in [1.807, 2.05) is 13.0 Å². The van der Waals surface area contributed by atoms with Gasteiger partial charge in [0.1, 0.15) is 6.61 Å². The van der Waals surface area contributed by atoms with Gasteiger partial charge in [-0.15, -0.1) is 0 Å². The van der Waals surface area contributed by atoms with Gasteiger partial charge in [-0.25, -0.2) is 4.79 Å². The fourth-order valence-corrected chi connectivity index (χ4v) is 4.16. The minimum Gasteiger partial charge on any atom is -0.456 e. The Bertz CT molecular complexity index is 1370. The van der Waals surface area contributed by atoms with E-state index in [9.17, 15) is 23.2 Å². The van der Waals surface area contributed by atoms with Gasteiger partial charge in [-0.05, 0) is 42.3 Å². The first-order chi connectivity index (χ1) is 15.3. The van der Waals surface area contributed by atoms with Crippen molar-refractivity contribution in [1.82, 2.24) is 15.5 Å². The molecule has 5 rings (SSSR count). The van der Waals surface area contributed by atoms with Crippen molar-refractivity contribution in [3.05, 3.63) is 81.7 Å². The van der Waals surface area contributed by atoms with Crippen LogP contribution in [0.3, 0.4) is 0 Å². The molecule has 9 heteroatoms. The molecular formula is C23H15F3N4O2. The third kappa shape index (κ3) is 3.03. The summed E-state index contributed by atoms with van der Waals surface area (Å²) < 4.78 is 44.2. The van der Waals surface area contributed by atoms with Crippen molar-refractivity contribution >= 4 is 22.6 Å². The Morgan fingerprint density at radius 3 is 2.62 bits per heavy atom. The second kappa shape index (κ2) is 6.99. The molecule has 1 unspecified atom stereocenters. The second-order valence-electron chi connectivity index (χ2n) is 7.63. The number of aromatic nitrogens is 2. The number of benzene rings is 2. The lowest BCUT2D eigenvalue weighted by molar-refractivity contribution is -0.138. The van der Waals surface area contributed by atoms with Crippen molar-refractivity contribution in [3.8, 4) is 6.07 Å². The Balaban J connectivity index is 1.69. The number of cyclic esters (lactones) is 1. The van der Waals surface area contributed by atoms with Crippen LogP contribution in [0.15, 0.2) is 59.3 Å². The number of nitrogens with one attached hydrogen (secondary N) is 2. The van der Waals surface area contributed by atoms with Crippen LogP contribution >= 0.6 is 0 Å². The van der Waals surface area contributed by atoms with E-state index in [0.29, 0.717) is 28.1 Å². The molecule has 0 aliphatic carbocycles. The van der Waals surface area contributed by atoms with E-state index in [-0.39, 0.29) is 12.2 Å². The van der Waals surface area contributed by atoms with Gasteiger partial charge in [0.05, 0.1) is 45.6 Å². The number of aryl methyl sites for hydroxylation is 1. The molecule has 0 fully saturated rings. The van der Waals surface area contributed by atoms with Crippen LogP contribution in [0.1, 0.15) is 28.3 Å². The molecule has 0 spiro atoms. The number of aromatic amines is 1. The molecular weight excluding hydrogens is 421 g/mol. The molecule has 1 aromatic heterocycles. The monoisotopic (exact) mass is 436 g/mol. The Morgan fingerprint density at radius 2 is 1.94 bits per heavy atom. The van der Waals surface area contributed by atoms with Gasteiger partial charge in [-0.1, -0.05) is 18.2 Å². The molecule has 3 heterocycles. The predicted octanol–water partition coefficient (Wildman–Crippen LogP) is 4.32. The first kappa shape index (κ1) is 19.9. The van der Waals surface area contributed by atoms with E-state index in [1.54, 1.807) is 12.1 Å². The van der Waals surface area contributed by atoms with Crippen molar-refractivity contribution in [2.75, 3.05) is 6.61 Å². The highest BCUT2D eigenvalue weighted by molar-refractivity contribution is 5.98. The van der Waals surface area contributed by atoms with Gasteiger partial charge < -0.3 is 10.1 Å². The predicted molar refractivity (Wildman–Crippen MR) is 109 cm³/mol. The van der Waals surface area contributed by atoms with E-state index in [0.717, 1.165) is 28.7 Å². The number of carbonyl (C=O) groups excluding carboxylic acids is 1. The van der Waals surface area contributed by atoms with E-state index in [4.69, 9.17) is 4.74 Å². The Hall–Kier alpha value is -4.06. The Labute approximate surface area is 180 Å². The zero-order chi connectivity index (χ0) is 22.6. The normalized spacial score (nSPS) is 18.5. The van der Waals surface area contributed by atoms with E-state index in [2.05, 4.69) is 21.6 Å². The Kier molecular flexibility index (Phi) is 4.34. The summed E-state index contributed by atoms with van der Waals surface area (Å²) >= 11 is 0. The average Bonchev–Trinajstić information content (AvgIpc) is 3.34. The SMILES string of the molecule is Cc1[nH]nc2ccc(C3C(C#N)=C(c4ccc(C(F)(F)F)cc4)NC4=C3C(=O)OC4)cc12. The molecule has 1 atom stereocenters. The molecule has 3 aromatic rings. The molecule has 6 nitrogen and oxygen atoms in total. The topological polar surface area (TPSA) is 90.8 Å². The summed E-state index contributed by atoms with van der Waals surface area (Å²) in [4.78, 5) is 12.5. The number of alkyl halides is 3. The van der Waals surface area contributed by atoms with Gasteiger partial charge in [0.25, 0.3) is 0 Å². The molecule has 0 radical (unpaired) electrons. The zero-order valence-electron chi connectivity index (χ0n) is 16.7. The summed E-state index contributed by atoms with van der Waals surface area (Å²) in [6.45, 7) is 1.87. The van der Waals surface area contributed by atoms with Crippen LogP contribution in [0.5, 0.6) is 0 Å². The first-order valence-corrected chi connectivity index (χ1v) is 9.71. The molecule has 0 amide bonds. The number of H-pyrrole nitrogens is 1. The van der Waals surface area contributed by atoms with Gasteiger partial charge in [0.2, 0.25) is 0 Å². The summed E-state index contributed by atoms with van der Waals surface area (Å²) in [5, 5.41) is 21.1. The fourth-order valence-electron chi connectivity index (χ4n) is 4.16. The maximum Gasteiger partial charge on any atom is 0.416 e. The largest absolute Gasteiger partial charge is 0.456 e. The molecule has 32 heavy (non-hydrogen) atoms. The molecule has 0 bridgehead atoms. The Morgan fingerprint density at radius 1 is 1.19 bits per heavy atom. The number of halogens is 3. The van der Waals surface area contributed by atoms with E-state index in [1.165, 1.54) is 12.1 Å². The average molecular weight is 436 g/mol. The number of nitriles is 1. The van der Waals surface area contributed by atoms with E-state index >= 15 is 0 Å². The second-order valence-corrected chi connectivity index (χ2v) is 7.63. The number of hydrogen-bond donors (Lipinski definition) is 2. The van der Waals surface area contributed by atoms with Crippen LogP contribution in [-0.4, -0.2) is 22.8 Å². The van der Waals surface area contributed by atoms with E-state index < -0.39 is 23.6 Å². The first-order valence-electron chi connectivity index (χ1n) is 9.71. The zero-order valence-corrected chi connectivity index (χ0v) is 16.7. The van der Waals surface area contributed by atoms with Gasteiger partial charge in [0, 0.05) is 11.1 Å². The van der Waals surface area contributed by atoms with Gasteiger partial charge in [-0.2, -0.15) is 23.5 Å². The maximum atomic E-state index is 13.0. The van der Waals surface area contributed by atoms with Crippen molar-refractivity contribution in [2.24, 2.45) is 0 Å². The third-order valence-electron chi connectivity index (χ3n) is 5.74. The quantitative estimate of drug-likeness (QED) is 0.584. The number of nitrogens with zero attached hydrogens (tertiary/aromatic N) is 2. The number of dihydropyridines is 1. The number of fused-ring (bicyclic) bond motifs is 1. The van der Waals surface area contributed by atoms with Crippen LogP contribution < -0.4 is 5.32 Å². The minimum atomic E-state index is -4.47. The third-order valence-corrected chi connectivity index (χ3v) is 5.74. The summed E-state index contributed by atoms with van der Waals surface area (Å²) in [7, 11) is 0. The van der Waals surface area contributed by atoms with Crippen LogP contribution in [0.25, 0.3) is 16.6 Å². The summed E-state index contributed by atoms with van der Waals surface area (Å²) in [6.07, 6.45) is -4.47. The lowest BCUT2D eigenvalue weighted by Gasteiger charge is -2.27. The molecule has 160 valence electrons. The summed E-state index contributed by atoms with van der Waals surface area (Å²) in [5.74, 6) is -1.25. The fraction of sp³-hybridized carbons (Fsp3) is 0.174. The number of rotatable bonds is 2. The lowest BCUT2D eigenvalue weighted by atomic mass is 9.80. The van der Waals surface area contributed by atoms with Crippen LogP contribution in [0.2, 0.25) is 0 Å². The molecule has 0 saturated carbocycles. The molecule has 2 N–H and O–H groups in total. The van der Waals surface area contributed by atoms with Crippen molar-refractivity contribution in [1.29, 1.82) is 5.26 Å². The van der Waals surface area contributed by atoms with Crippen molar-refractivity contribution in [3.63, 3.8) is 0 Å². The minimum absolute atomic E-state index is 0.000488. The van der Waals surface area contributed by atoms with Crippen LogP contribution in [0, 0.1) is 18.3 Å². The summed E-state index contributed by atoms with van der Waals surface area (Å²) in [6, 6.07) is 12.2. The molecule has 2 aromatic carbocycles. The number of allylic oxidation sites excluding steroid dienone is 1. The van der Waals surface area contributed by atoms with Gasteiger partial charge in [-0.3, -0.25) is 5.10 Å². The standard InChI is InChI=1S/C23H15F3N4O2/c1-11-15-8-13(4-7-17(15)30-29-11)19-16(9-27)21(28-18-10-32-22(31)20(18)19)12-2-5-14(6-3-12)23(24,25)26/h2-8,19,28H,10H2,1H3,(H,29,30). The summed E-state index contributed by atoms with van der Waals surface area (Å²) in [5.41, 5.74) is 3.30. The highest BCUT2D eigenvalue weighted by Crippen LogP contribution is 2.43. The van der Waals surface area contributed by atoms with Crippen LogP contribution in [0.4, 0.5) is 13.2 Å². The lowest BCUT2D eigenvalue weighted by Crippen LogP contribution is -2.26. The van der Waals surface area contributed by atoms with Gasteiger partial charge >= 0.3 is 12.1 Å². The maximum absolute atomic E-state index is 13.0. The molecule has 0 saturated heterocycles. The number of esters is 1. The van der Waals surface area contributed by atoms with Crippen LogP contribution in [-0.2, 0) is 15.7 Å². The molecule has 2 aliphatic heterocycles. The highest BCUT2D eigenvalue weighted by Gasteiger charge is 2.40. The highest BCUT2D eigenvalue weighted by atomic mass is 19.4. The number of carbonyl (C=O) groups is 1. The number of hydrogen-bond acceptors (Lipinski definition) is 5. The smallest absolute Gasteiger partial charge is 0.416 e. The van der Waals surface area contributed by atoms with Gasteiger partial charge in [0.15, 0.2) is 0 Å². The molecule has 2 aliphatic rings. The van der Waals surface area contributed by atoms with Crippen molar-refractivity contribution in [2.45, 2.75) is 19.0 Å². The number of ether oxygens (including phenoxy) is 1.